The summed E-state index contributed by atoms with van der Waals surface area (Å²) in [6.45, 7) is 6.65. The van der Waals surface area contributed by atoms with Crippen LogP contribution in [0.15, 0.2) is 18.2 Å². The molecule has 0 heterocycles. The van der Waals surface area contributed by atoms with E-state index >= 15 is 0 Å². The largest absolute Gasteiger partial charge is 0.480 e. The fourth-order valence-electron chi connectivity index (χ4n) is 1.68. The van der Waals surface area contributed by atoms with Crippen molar-refractivity contribution in [2.45, 2.75) is 33.7 Å². The van der Waals surface area contributed by atoms with Crippen LogP contribution in [0.4, 0.5) is 14.9 Å². The van der Waals surface area contributed by atoms with Crippen molar-refractivity contribution in [3.05, 3.63) is 29.6 Å². The van der Waals surface area contributed by atoms with Crippen molar-refractivity contribution in [1.29, 1.82) is 0 Å². The van der Waals surface area contributed by atoms with Crippen molar-refractivity contribution in [3.8, 4) is 0 Å². The average molecular weight is 282 g/mol. The molecular formula is C14H19FN2O3. The van der Waals surface area contributed by atoms with Gasteiger partial charge in [0.25, 0.3) is 0 Å². The number of halogens is 1. The molecule has 0 aliphatic heterocycles. The van der Waals surface area contributed by atoms with E-state index in [9.17, 15) is 14.0 Å². The average Bonchev–Trinajstić information content (AvgIpc) is 2.30. The molecule has 20 heavy (non-hydrogen) atoms. The molecule has 1 atom stereocenters. The lowest BCUT2D eigenvalue weighted by Crippen LogP contribution is -2.50. The number of anilines is 1. The number of aliphatic carboxylic acids is 1. The van der Waals surface area contributed by atoms with E-state index in [1.54, 1.807) is 26.8 Å². The van der Waals surface area contributed by atoms with Gasteiger partial charge >= 0.3 is 12.0 Å². The fourth-order valence-corrected chi connectivity index (χ4v) is 1.68. The zero-order chi connectivity index (χ0) is 15.5. The Morgan fingerprint density at radius 2 is 1.90 bits per heavy atom. The second kappa shape index (κ2) is 5.90. The number of hydrogen-bond donors (Lipinski definition) is 3. The van der Waals surface area contributed by atoms with Crippen LogP contribution in [0.5, 0.6) is 0 Å². The SMILES string of the molecule is Cc1c(F)cccc1NC(=O)N[C@H](C(=O)O)C(C)(C)C. The first kappa shape index (κ1) is 15.9. The molecule has 0 fully saturated rings. The van der Waals surface area contributed by atoms with Crippen molar-refractivity contribution in [2.24, 2.45) is 5.41 Å². The Kier molecular flexibility index (Phi) is 4.70. The van der Waals surface area contributed by atoms with E-state index in [-0.39, 0.29) is 0 Å². The summed E-state index contributed by atoms with van der Waals surface area (Å²) in [6.07, 6.45) is 0. The van der Waals surface area contributed by atoms with Crippen LogP contribution < -0.4 is 10.6 Å². The second-order valence-corrected chi connectivity index (χ2v) is 5.65. The maximum Gasteiger partial charge on any atom is 0.326 e. The summed E-state index contributed by atoms with van der Waals surface area (Å²) in [4.78, 5) is 23.0. The van der Waals surface area contributed by atoms with Crippen LogP contribution in [0.2, 0.25) is 0 Å². The maximum absolute atomic E-state index is 13.3. The van der Waals surface area contributed by atoms with Gasteiger partial charge in [0.05, 0.1) is 0 Å². The number of carbonyl (C=O) groups is 2. The topological polar surface area (TPSA) is 78.4 Å². The van der Waals surface area contributed by atoms with Gasteiger partial charge in [0.1, 0.15) is 11.9 Å². The molecule has 1 aromatic rings. The molecule has 1 rings (SSSR count). The molecule has 0 aliphatic rings. The summed E-state index contributed by atoms with van der Waals surface area (Å²) in [7, 11) is 0. The monoisotopic (exact) mass is 282 g/mol. The molecule has 0 saturated carbocycles. The lowest BCUT2D eigenvalue weighted by Gasteiger charge is -2.27. The molecule has 110 valence electrons. The van der Waals surface area contributed by atoms with Gasteiger partial charge in [0.15, 0.2) is 0 Å². The summed E-state index contributed by atoms with van der Waals surface area (Å²) >= 11 is 0. The van der Waals surface area contributed by atoms with Crippen molar-refractivity contribution in [1.82, 2.24) is 5.32 Å². The van der Waals surface area contributed by atoms with Crippen molar-refractivity contribution in [3.63, 3.8) is 0 Å². The zero-order valence-corrected chi connectivity index (χ0v) is 12.0. The molecule has 2 amide bonds. The lowest BCUT2D eigenvalue weighted by atomic mass is 9.87. The van der Waals surface area contributed by atoms with E-state index < -0.39 is 29.3 Å². The number of amides is 2. The number of rotatable bonds is 3. The van der Waals surface area contributed by atoms with Gasteiger partial charge in [-0.15, -0.1) is 0 Å². The Labute approximate surface area is 117 Å². The van der Waals surface area contributed by atoms with Crippen molar-refractivity contribution in [2.75, 3.05) is 5.32 Å². The standard InChI is InChI=1S/C14H19FN2O3/c1-8-9(15)6-5-7-10(8)16-13(20)17-11(12(18)19)14(2,3)4/h5-7,11H,1-4H3,(H,18,19)(H2,16,17,20)/t11-/m1/s1. The Bertz CT molecular complexity index is 524. The lowest BCUT2D eigenvalue weighted by molar-refractivity contribution is -0.141. The third-order valence-electron chi connectivity index (χ3n) is 2.90. The first-order valence-corrected chi connectivity index (χ1v) is 6.18. The van der Waals surface area contributed by atoms with E-state index in [1.807, 2.05) is 0 Å². The van der Waals surface area contributed by atoms with E-state index in [0.29, 0.717) is 11.3 Å². The van der Waals surface area contributed by atoms with E-state index in [4.69, 9.17) is 5.11 Å². The molecular weight excluding hydrogens is 263 g/mol. The molecule has 0 aliphatic carbocycles. The van der Waals surface area contributed by atoms with E-state index in [1.165, 1.54) is 19.1 Å². The van der Waals surface area contributed by atoms with Crippen molar-refractivity contribution < 1.29 is 19.1 Å². The number of nitrogens with one attached hydrogen (secondary N) is 2. The number of hydrogen-bond acceptors (Lipinski definition) is 2. The highest BCUT2D eigenvalue weighted by Gasteiger charge is 2.32. The van der Waals surface area contributed by atoms with Crippen molar-refractivity contribution >= 4 is 17.7 Å². The number of benzene rings is 1. The Morgan fingerprint density at radius 3 is 2.40 bits per heavy atom. The molecule has 0 spiro atoms. The molecule has 3 N–H and O–H groups in total. The smallest absolute Gasteiger partial charge is 0.326 e. The summed E-state index contributed by atoms with van der Waals surface area (Å²) < 4.78 is 13.3. The molecule has 0 radical (unpaired) electrons. The van der Waals surface area contributed by atoms with Gasteiger partial charge in [-0.25, -0.2) is 14.0 Å². The Morgan fingerprint density at radius 1 is 1.30 bits per heavy atom. The first-order valence-electron chi connectivity index (χ1n) is 6.18. The van der Waals surface area contributed by atoms with Crippen LogP contribution in [0.25, 0.3) is 0 Å². The third kappa shape index (κ3) is 3.94. The van der Waals surface area contributed by atoms with Gasteiger partial charge in [-0.2, -0.15) is 0 Å². The summed E-state index contributed by atoms with van der Waals surface area (Å²) in [5.74, 6) is -1.56. The molecule has 6 heteroatoms. The number of urea groups is 1. The van der Waals surface area contributed by atoms with Gasteiger partial charge in [0.2, 0.25) is 0 Å². The van der Waals surface area contributed by atoms with Crippen LogP contribution in [0.1, 0.15) is 26.3 Å². The second-order valence-electron chi connectivity index (χ2n) is 5.65. The summed E-state index contributed by atoms with van der Waals surface area (Å²) in [5, 5.41) is 14.0. The zero-order valence-electron chi connectivity index (χ0n) is 12.0. The number of carboxylic acids is 1. The van der Waals surface area contributed by atoms with Crippen LogP contribution in [0.3, 0.4) is 0 Å². The van der Waals surface area contributed by atoms with E-state index in [0.717, 1.165) is 0 Å². The quantitative estimate of drug-likeness (QED) is 0.797. The highest BCUT2D eigenvalue weighted by Crippen LogP contribution is 2.20. The Hall–Kier alpha value is -2.11. The summed E-state index contributed by atoms with van der Waals surface area (Å²) in [6, 6.07) is 2.58. The van der Waals surface area contributed by atoms with E-state index in [2.05, 4.69) is 10.6 Å². The third-order valence-corrected chi connectivity index (χ3v) is 2.90. The van der Waals surface area contributed by atoms with Gasteiger partial charge < -0.3 is 15.7 Å². The van der Waals surface area contributed by atoms with Crippen LogP contribution >= 0.6 is 0 Å². The molecule has 0 aromatic heterocycles. The first-order chi connectivity index (χ1) is 9.12. The van der Waals surface area contributed by atoms with Crippen LogP contribution in [-0.2, 0) is 4.79 Å². The van der Waals surface area contributed by atoms with Crippen LogP contribution in [0, 0.1) is 18.2 Å². The molecule has 0 bridgehead atoms. The molecule has 0 saturated heterocycles. The number of carboxylic acid groups (broad SMARTS) is 1. The highest BCUT2D eigenvalue weighted by molar-refractivity contribution is 5.93. The fraction of sp³-hybridized carbons (Fsp3) is 0.429. The molecule has 5 nitrogen and oxygen atoms in total. The highest BCUT2D eigenvalue weighted by atomic mass is 19.1. The molecule has 0 unspecified atom stereocenters. The Balaban J connectivity index is 2.82. The van der Waals surface area contributed by atoms with Crippen LogP contribution in [-0.4, -0.2) is 23.1 Å². The molecule has 1 aromatic carbocycles. The van der Waals surface area contributed by atoms with Gasteiger partial charge in [-0.1, -0.05) is 26.8 Å². The van der Waals surface area contributed by atoms with Gasteiger partial charge in [-0.05, 0) is 24.5 Å². The normalized spacial score (nSPS) is 12.7. The van der Waals surface area contributed by atoms with Gasteiger partial charge in [-0.3, -0.25) is 0 Å². The van der Waals surface area contributed by atoms with Gasteiger partial charge in [0, 0.05) is 11.3 Å². The number of carbonyl (C=O) groups excluding carboxylic acids is 1. The minimum atomic E-state index is -1.12. The predicted molar refractivity (Wildman–Crippen MR) is 74.2 cm³/mol. The predicted octanol–water partition coefficient (Wildman–Crippen LogP) is 2.75. The maximum atomic E-state index is 13.3. The summed E-state index contributed by atoms with van der Waals surface area (Å²) in [5.41, 5.74) is -0.0361. The minimum Gasteiger partial charge on any atom is -0.480 e. The minimum absolute atomic E-state index is 0.297.